The molecule has 5 aromatic rings. The largest absolute Gasteiger partial charge is 0.478 e. The van der Waals surface area contributed by atoms with E-state index in [1.165, 1.54) is 12.1 Å². The van der Waals surface area contributed by atoms with Gasteiger partial charge in [0.05, 0.1) is 11.1 Å². The van der Waals surface area contributed by atoms with Crippen molar-refractivity contribution in [3.63, 3.8) is 0 Å². The average molecular weight is 567 g/mol. The van der Waals surface area contributed by atoms with Gasteiger partial charge in [0, 0.05) is 34.0 Å². The van der Waals surface area contributed by atoms with Crippen molar-refractivity contribution in [1.82, 2.24) is 10.6 Å². The van der Waals surface area contributed by atoms with Crippen LogP contribution in [0.15, 0.2) is 48.5 Å². The molecule has 4 N–H and O–H groups in total. The predicted octanol–water partition coefficient (Wildman–Crippen LogP) is 6.97. The summed E-state index contributed by atoms with van der Waals surface area (Å²) in [6.07, 6.45) is 3.05. The number of carboxylic acids is 2. The Balaban J connectivity index is 1.93. The second-order valence-corrected chi connectivity index (χ2v) is 10.7. The number of amides is 2. The van der Waals surface area contributed by atoms with E-state index in [0.717, 1.165) is 25.7 Å². The molecule has 0 unspecified atom stereocenters. The molecule has 0 radical (unpaired) electrons. The molecule has 0 aliphatic carbocycles. The summed E-state index contributed by atoms with van der Waals surface area (Å²) < 4.78 is 0. The Hall–Kier alpha value is -4.72. The van der Waals surface area contributed by atoms with Crippen LogP contribution in [0.4, 0.5) is 0 Å². The molecule has 216 valence electrons. The van der Waals surface area contributed by atoms with Crippen LogP contribution in [0.1, 0.15) is 94.8 Å². The van der Waals surface area contributed by atoms with Gasteiger partial charge in [-0.05, 0) is 82.3 Å². The summed E-state index contributed by atoms with van der Waals surface area (Å²) in [5.74, 6) is -3.00. The molecule has 8 heteroatoms. The molecule has 5 rings (SSSR count). The van der Waals surface area contributed by atoms with Crippen molar-refractivity contribution >= 4 is 66.8 Å². The highest BCUT2D eigenvalue weighted by atomic mass is 16.4. The smallest absolute Gasteiger partial charge is 0.336 e. The molecule has 42 heavy (non-hydrogen) atoms. The molecule has 0 aliphatic heterocycles. The molecule has 5 aromatic carbocycles. The van der Waals surface area contributed by atoms with Crippen molar-refractivity contribution in [2.24, 2.45) is 0 Å². The molecule has 0 aliphatic rings. The lowest BCUT2D eigenvalue weighted by atomic mass is 9.84. The molecule has 0 aromatic heterocycles. The third-order valence-corrected chi connectivity index (χ3v) is 8.49. The van der Waals surface area contributed by atoms with Crippen LogP contribution in [0.2, 0.25) is 0 Å². The number of fused-ring (bicyclic) bond motifs is 2. The van der Waals surface area contributed by atoms with Crippen LogP contribution in [0.5, 0.6) is 0 Å². The van der Waals surface area contributed by atoms with Gasteiger partial charge in [0.25, 0.3) is 11.8 Å². The number of benzene rings is 5. The fraction of sp³-hybridized carbons (Fsp3) is 0.294. The summed E-state index contributed by atoms with van der Waals surface area (Å²) in [5.41, 5.74) is 0.549. The van der Waals surface area contributed by atoms with E-state index in [2.05, 4.69) is 10.6 Å². The van der Waals surface area contributed by atoms with Gasteiger partial charge in [-0.1, -0.05) is 52.0 Å². The van der Waals surface area contributed by atoms with Gasteiger partial charge in [-0.25, -0.2) is 9.59 Å². The first kappa shape index (κ1) is 28.8. The number of hydrogen-bond acceptors (Lipinski definition) is 4. The first-order valence-electron chi connectivity index (χ1n) is 14.4. The summed E-state index contributed by atoms with van der Waals surface area (Å²) >= 11 is 0. The highest BCUT2D eigenvalue weighted by molar-refractivity contribution is 6.38. The third-order valence-electron chi connectivity index (χ3n) is 8.49. The Kier molecular flexibility index (Phi) is 7.73. The standard InChI is InChI=1S/C34H34N2O6/c1-5-17(6-2)35-31(37)23-13-9-19-21-11-15-25(33(39)40)30-26(34(41)42)16-12-22(28(21)30)20-10-14-24(29(23)27(19)20)32(38)36-18(7-3)8-4/h9-18H,5-8H2,1-4H3,(H,35,37)(H,36,38)(H,39,40)(H,41,42). The highest BCUT2D eigenvalue weighted by Crippen LogP contribution is 2.44. The normalized spacial score (nSPS) is 11.8. The Morgan fingerprint density at radius 2 is 0.786 bits per heavy atom. The van der Waals surface area contributed by atoms with Crippen LogP contribution in [0.3, 0.4) is 0 Å². The number of carboxylic acid groups (broad SMARTS) is 2. The lowest BCUT2D eigenvalue weighted by Gasteiger charge is -2.22. The van der Waals surface area contributed by atoms with Gasteiger partial charge in [0.1, 0.15) is 0 Å². The summed E-state index contributed by atoms with van der Waals surface area (Å²) in [4.78, 5) is 51.8. The Bertz CT molecular complexity index is 1760. The van der Waals surface area contributed by atoms with Crippen LogP contribution >= 0.6 is 0 Å². The van der Waals surface area contributed by atoms with E-state index in [4.69, 9.17) is 0 Å². The minimum atomic E-state index is -1.22. The van der Waals surface area contributed by atoms with Crippen molar-refractivity contribution in [3.05, 3.63) is 70.8 Å². The van der Waals surface area contributed by atoms with Crippen molar-refractivity contribution in [3.8, 4) is 0 Å². The predicted molar refractivity (Wildman–Crippen MR) is 165 cm³/mol. The summed E-state index contributed by atoms with van der Waals surface area (Å²) in [7, 11) is 0. The van der Waals surface area contributed by atoms with E-state index in [1.807, 2.05) is 39.8 Å². The van der Waals surface area contributed by atoms with E-state index in [1.54, 1.807) is 24.3 Å². The van der Waals surface area contributed by atoms with Gasteiger partial charge in [-0.3, -0.25) is 9.59 Å². The topological polar surface area (TPSA) is 133 Å². The minimum Gasteiger partial charge on any atom is -0.478 e. The second-order valence-electron chi connectivity index (χ2n) is 10.7. The number of aromatic carboxylic acids is 2. The molecular weight excluding hydrogens is 532 g/mol. The lowest BCUT2D eigenvalue weighted by Crippen LogP contribution is -2.35. The van der Waals surface area contributed by atoms with Gasteiger partial charge in [-0.15, -0.1) is 0 Å². The van der Waals surface area contributed by atoms with Crippen LogP contribution < -0.4 is 10.6 Å². The van der Waals surface area contributed by atoms with E-state index in [-0.39, 0.29) is 40.4 Å². The van der Waals surface area contributed by atoms with Crippen molar-refractivity contribution in [1.29, 1.82) is 0 Å². The molecule has 0 spiro atoms. The van der Waals surface area contributed by atoms with E-state index >= 15 is 0 Å². The lowest BCUT2D eigenvalue weighted by molar-refractivity contribution is 0.0695. The number of carbonyl (C=O) groups excluding carboxylic acids is 2. The zero-order valence-corrected chi connectivity index (χ0v) is 24.1. The summed E-state index contributed by atoms with van der Waals surface area (Å²) in [6.45, 7) is 8.04. The molecule has 2 amide bonds. The molecule has 0 heterocycles. The van der Waals surface area contributed by atoms with Gasteiger partial charge >= 0.3 is 11.9 Å². The molecule has 8 nitrogen and oxygen atoms in total. The zero-order valence-electron chi connectivity index (χ0n) is 24.1. The molecule has 0 atom stereocenters. The number of hydrogen-bond donors (Lipinski definition) is 4. The van der Waals surface area contributed by atoms with Crippen molar-refractivity contribution < 1.29 is 29.4 Å². The highest BCUT2D eigenvalue weighted by Gasteiger charge is 2.26. The van der Waals surface area contributed by atoms with E-state index < -0.39 is 11.9 Å². The molecular formula is C34H34N2O6. The first-order chi connectivity index (χ1) is 20.2. The molecule has 0 saturated heterocycles. The Morgan fingerprint density at radius 3 is 1.07 bits per heavy atom. The maximum atomic E-state index is 13.7. The Labute approximate surface area is 243 Å². The van der Waals surface area contributed by atoms with Crippen molar-refractivity contribution in [2.45, 2.75) is 65.5 Å². The summed E-state index contributed by atoms with van der Waals surface area (Å²) in [6, 6.07) is 13.2. The monoisotopic (exact) mass is 566 g/mol. The second kappa shape index (κ2) is 11.3. The maximum absolute atomic E-state index is 13.7. The van der Waals surface area contributed by atoms with Crippen LogP contribution in [-0.4, -0.2) is 46.0 Å². The minimum absolute atomic E-state index is 0.0245. The van der Waals surface area contributed by atoms with E-state index in [0.29, 0.717) is 48.8 Å². The number of carbonyl (C=O) groups is 4. The molecule has 0 bridgehead atoms. The van der Waals surface area contributed by atoms with Crippen molar-refractivity contribution in [2.75, 3.05) is 0 Å². The maximum Gasteiger partial charge on any atom is 0.336 e. The van der Waals surface area contributed by atoms with Gasteiger partial charge < -0.3 is 20.8 Å². The average Bonchev–Trinajstić information content (AvgIpc) is 2.99. The van der Waals surface area contributed by atoms with Crippen LogP contribution in [0.25, 0.3) is 43.1 Å². The zero-order chi connectivity index (χ0) is 30.3. The summed E-state index contributed by atoms with van der Waals surface area (Å²) in [5, 5.41) is 30.7. The Morgan fingerprint density at radius 1 is 0.500 bits per heavy atom. The van der Waals surface area contributed by atoms with Gasteiger partial charge in [0.15, 0.2) is 0 Å². The van der Waals surface area contributed by atoms with Crippen LogP contribution in [-0.2, 0) is 0 Å². The van der Waals surface area contributed by atoms with Crippen LogP contribution in [0, 0.1) is 0 Å². The number of nitrogens with one attached hydrogen (secondary N) is 2. The quantitative estimate of drug-likeness (QED) is 0.107. The van der Waals surface area contributed by atoms with Gasteiger partial charge in [-0.2, -0.15) is 0 Å². The first-order valence-corrected chi connectivity index (χ1v) is 14.4. The SMILES string of the molecule is CCC(CC)NC(=O)c1ccc2c3ccc(C(=O)O)c4c(C(=O)O)ccc(c5ccc(C(=O)NC(CC)CC)c1c25)c43. The fourth-order valence-corrected chi connectivity index (χ4v) is 6.14. The fourth-order valence-electron chi connectivity index (χ4n) is 6.14. The molecule has 0 fully saturated rings. The van der Waals surface area contributed by atoms with E-state index in [9.17, 15) is 29.4 Å². The third kappa shape index (κ3) is 4.57. The molecule has 0 saturated carbocycles. The number of rotatable bonds is 10. The van der Waals surface area contributed by atoms with Gasteiger partial charge in [0.2, 0.25) is 0 Å².